The minimum Gasteiger partial charge on any atom is -0.455 e. The third-order valence-electron chi connectivity index (χ3n) is 4.03. The van der Waals surface area contributed by atoms with Crippen LogP contribution in [0.25, 0.3) is 0 Å². The smallest absolute Gasteiger partial charge is 0.289 e. The molecule has 7 nitrogen and oxygen atoms in total. The third kappa shape index (κ3) is 4.79. The number of rotatable bonds is 5. The highest BCUT2D eigenvalue weighted by molar-refractivity contribution is 7.88. The van der Waals surface area contributed by atoms with Crippen molar-refractivity contribution in [3.05, 3.63) is 23.7 Å². The summed E-state index contributed by atoms with van der Waals surface area (Å²) in [6.45, 7) is 6.59. The number of nitrogens with zero attached hydrogens (tertiary/aromatic N) is 2. The standard InChI is InChI=1S/C15H25N3O4S/c1-11(2)13-10-17(3)7-8-18(13)15(19)14-6-5-12(22-14)9-16-23(4,20)21/h5-6,11,13,16H,7-10H2,1-4H3. The average molecular weight is 343 g/mol. The van der Waals surface area contributed by atoms with Gasteiger partial charge in [0.25, 0.3) is 5.91 Å². The molecular formula is C15H25N3O4S. The SMILES string of the molecule is CC(C)C1CN(C)CCN1C(=O)c1ccc(CNS(C)(=O)=O)o1. The van der Waals surface area contributed by atoms with Crippen LogP contribution in [-0.2, 0) is 16.6 Å². The first-order valence-corrected chi connectivity index (χ1v) is 9.59. The number of piperazine rings is 1. The van der Waals surface area contributed by atoms with Crippen LogP contribution < -0.4 is 4.72 Å². The fourth-order valence-corrected chi connectivity index (χ4v) is 3.11. The van der Waals surface area contributed by atoms with Gasteiger partial charge in [0.1, 0.15) is 5.76 Å². The normalized spacial score (nSPS) is 20.2. The number of amides is 1. The summed E-state index contributed by atoms with van der Waals surface area (Å²) in [7, 11) is -1.24. The van der Waals surface area contributed by atoms with Gasteiger partial charge < -0.3 is 14.2 Å². The maximum absolute atomic E-state index is 12.7. The van der Waals surface area contributed by atoms with Crippen molar-refractivity contribution in [2.24, 2.45) is 5.92 Å². The van der Waals surface area contributed by atoms with Gasteiger partial charge in [-0.1, -0.05) is 13.8 Å². The second-order valence-corrected chi connectivity index (χ2v) is 8.26. The molecule has 2 heterocycles. The predicted octanol–water partition coefficient (Wildman–Crippen LogP) is 0.741. The molecule has 23 heavy (non-hydrogen) atoms. The number of sulfonamides is 1. The molecule has 0 aliphatic carbocycles. The van der Waals surface area contributed by atoms with Crippen molar-refractivity contribution in [2.45, 2.75) is 26.4 Å². The van der Waals surface area contributed by atoms with E-state index in [4.69, 9.17) is 4.42 Å². The molecule has 0 spiro atoms. The summed E-state index contributed by atoms with van der Waals surface area (Å²) in [4.78, 5) is 16.8. The Bertz CT molecular complexity index is 653. The van der Waals surface area contributed by atoms with Crippen LogP contribution >= 0.6 is 0 Å². The van der Waals surface area contributed by atoms with Crippen LogP contribution in [-0.4, -0.2) is 63.1 Å². The van der Waals surface area contributed by atoms with E-state index >= 15 is 0 Å². The van der Waals surface area contributed by atoms with Crippen molar-refractivity contribution in [1.29, 1.82) is 0 Å². The van der Waals surface area contributed by atoms with Gasteiger partial charge in [-0.15, -0.1) is 0 Å². The predicted molar refractivity (Wildman–Crippen MR) is 87.6 cm³/mol. The number of carbonyl (C=O) groups excluding carboxylic acids is 1. The summed E-state index contributed by atoms with van der Waals surface area (Å²) in [5.41, 5.74) is 0. The number of furan rings is 1. The summed E-state index contributed by atoms with van der Waals surface area (Å²) in [5, 5.41) is 0. The van der Waals surface area contributed by atoms with Crippen molar-refractivity contribution in [1.82, 2.24) is 14.5 Å². The van der Waals surface area contributed by atoms with Gasteiger partial charge >= 0.3 is 0 Å². The Morgan fingerprint density at radius 2 is 2.09 bits per heavy atom. The van der Waals surface area contributed by atoms with Gasteiger partial charge in [-0.05, 0) is 25.1 Å². The van der Waals surface area contributed by atoms with Crippen molar-refractivity contribution in [3.63, 3.8) is 0 Å². The molecule has 1 aromatic rings. The van der Waals surface area contributed by atoms with E-state index < -0.39 is 10.0 Å². The highest BCUT2D eigenvalue weighted by Crippen LogP contribution is 2.20. The second kappa shape index (κ2) is 7.02. The molecule has 8 heteroatoms. The van der Waals surface area contributed by atoms with Crippen LogP contribution in [0.3, 0.4) is 0 Å². The number of nitrogens with one attached hydrogen (secondary N) is 1. The van der Waals surface area contributed by atoms with Crippen molar-refractivity contribution in [3.8, 4) is 0 Å². The Morgan fingerprint density at radius 3 is 2.70 bits per heavy atom. The Hall–Kier alpha value is -1.38. The molecule has 1 unspecified atom stereocenters. The third-order valence-corrected chi connectivity index (χ3v) is 4.70. The first-order chi connectivity index (χ1) is 10.7. The van der Waals surface area contributed by atoms with Gasteiger partial charge in [-0.25, -0.2) is 13.1 Å². The fourth-order valence-electron chi connectivity index (χ4n) is 2.71. The molecule has 1 fully saturated rings. The van der Waals surface area contributed by atoms with Crippen LogP contribution in [0.2, 0.25) is 0 Å². The van der Waals surface area contributed by atoms with Gasteiger partial charge in [0.05, 0.1) is 12.8 Å². The van der Waals surface area contributed by atoms with E-state index in [1.165, 1.54) is 0 Å². The molecule has 1 aromatic heterocycles. The Balaban J connectivity index is 2.09. The zero-order valence-electron chi connectivity index (χ0n) is 14.1. The van der Waals surface area contributed by atoms with Gasteiger partial charge in [-0.3, -0.25) is 4.79 Å². The first-order valence-electron chi connectivity index (χ1n) is 7.70. The summed E-state index contributed by atoms with van der Waals surface area (Å²) >= 11 is 0. The van der Waals surface area contributed by atoms with E-state index in [-0.39, 0.29) is 24.3 Å². The van der Waals surface area contributed by atoms with Gasteiger partial charge in [0.15, 0.2) is 5.76 Å². The Labute approximate surface area is 137 Å². The number of hydrogen-bond acceptors (Lipinski definition) is 5. The molecular weight excluding hydrogens is 318 g/mol. The maximum Gasteiger partial charge on any atom is 0.289 e. The monoisotopic (exact) mass is 343 g/mol. The molecule has 130 valence electrons. The highest BCUT2D eigenvalue weighted by Gasteiger charge is 2.32. The van der Waals surface area contributed by atoms with Crippen LogP contribution in [0.15, 0.2) is 16.5 Å². The fraction of sp³-hybridized carbons (Fsp3) is 0.667. The van der Waals surface area contributed by atoms with Gasteiger partial charge in [0.2, 0.25) is 10.0 Å². The molecule has 1 atom stereocenters. The molecule has 0 radical (unpaired) electrons. The number of carbonyl (C=O) groups is 1. The van der Waals surface area contributed by atoms with E-state index in [1.54, 1.807) is 12.1 Å². The minimum absolute atomic E-state index is 0.0441. The summed E-state index contributed by atoms with van der Waals surface area (Å²) in [5.74, 6) is 0.893. The quantitative estimate of drug-likeness (QED) is 0.853. The lowest BCUT2D eigenvalue weighted by Gasteiger charge is -2.41. The molecule has 0 bridgehead atoms. The first kappa shape index (κ1) is 18.0. The summed E-state index contributed by atoms with van der Waals surface area (Å²) in [6, 6.07) is 3.38. The molecule has 1 aliphatic heterocycles. The topological polar surface area (TPSA) is 82.9 Å². The largest absolute Gasteiger partial charge is 0.455 e. The van der Waals surface area contributed by atoms with Crippen LogP contribution in [0.5, 0.6) is 0 Å². The van der Waals surface area contributed by atoms with Crippen molar-refractivity contribution in [2.75, 3.05) is 32.9 Å². The van der Waals surface area contributed by atoms with E-state index in [1.807, 2.05) is 4.90 Å². The highest BCUT2D eigenvalue weighted by atomic mass is 32.2. The van der Waals surface area contributed by atoms with Gasteiger partial charge in [0, 0.05) is 25.7 Å². The molecule has 1 N–H and O–H groups in total. The second-order valence-electron chi connectivity index (χ2n) is 6.43. The lowest BCUT2D eigenvalue weighted by molar-refractivity contribution is 0.0373. The zero-order valence-corrected chi connectivity index (χ0v) is 14.9. The maximum atomic E-state index is 12.7. The van der Waals surface area contributed by atoms with Crippen molar-refractivity contribution >= 4 is 15.9 Å². The zero-order chi connectivity index (χ0) is 17.2. The van der Waals surface area contributed by atoms with Crippen LogP contribution in [0.1, 0.15) is 30.2 Å². The van der Waals surface area contributed by atoms with E-state index in [9.17, 15) is 13.2 Å². The molecule has 1 saturated heterocycles. The van der Waals surface area contributed by atoms with Crippen LogP contribution in [0.4, 0.5) is 0 Å². The molecule has 0 aromatic carbocycles. The number of hydrogen-bond donors (Lipinski definition) is 1. The van der Waals surface area contributed by atoms with E-state index in [0.29, 0.717) is 18.2 Å². The lowest BCUT2D eigenvalue weighted by atomic mass is 9.99. The Kier molecular flexibility index (Phi) is 5.49. The lowest BCUT2D eigenvalue weighted by Crippen LogP contribution is -2.56. The molecule has 2 rings (SSSR count). The minimum atomic E-state index is -3.29. The molecule has 1 aliphatic rings. The summed E-state index contributed by atoms with van der Waals surface area (Å²) < 4.78 is 30.1. The molecule has 0 saturated carbocycles. The van der Waals surface area contributed by atoms with Gasteiger partial charge in [-0.2, -0.15) is 0 Å². The average Bonchev–Trinajstić information content (AvgIpc) is 2.92. The molecule has 1 amide bonds. The Morgan fingerprint density at radius 1 is 1.39 bits per heavy atom. The van der Waals surface area contributed by atoms with Crippen LogP contribution in [0, 0.1) is 5.92 Å². The van der Waals surface area contributed by atoms with E-state index in [0.717, 1.165) is 19.3 Å². The summed E-state index contributed by atoms with van der Waals surface area (Å²) in [6.07, 6.45) is 1.08. The number of likely N-dealkylation sites (N-methyl/N-ethyl adjacent to an activating group) is 1. The van der Waals surface area contributed by atoms with Crippen molar-refractivity contribution < 1.29 is 17.6 Å². The van der Waals surface area contributed by atoms with E-state index in [2.05, 4.69) is 30.5 Å².